The monoisotopic (exact) mass is 248 g/mol. The van der Waals surface area contributed by atoms with Crippen molar-refractivity contribution >= 4 is 12.6 Å². The fourth-order valence-corrected chi connectivity index (χ4v) is 1.26. The van der Waals surface area contributed by atoms with Crippen LogP contribution in [0.4, 0.5) is 4.39 Å². The molecule has 0 atom stereocenters. The van der Waals surface area contributed by atoms with E-state index in [0.717, 1.165) is 11.8 Å². The Labute approximate surface area is 104 Å². The van der Waals surface area contributed by atoms with E-state index in [4.69, 9.17) is 0 Å². The van der Waals surface area contributed by atoms with Crippen molar-refractivity contribution in [1.82, 2.24) is 15.3 Å². The lowest BCUT2D eigenvalue weighted by Crippen LogP contribution is -2.24. The number of aromatic nitrogens is 2. The van der Waals surface area contributed by atoms with Crippen LogP contribution >= 0.6 is 0 Å². The van der Waals surface area contributed by atoms with E-state index < -0.39 is 5.91 Å². The maximum atomic E-state index is 11.8. The van der Waals surface area contributed by atoms with Crippen molar-refractivity contribution in [1.29, 1.82) is 0 Å². The molecule has 0 aromatic carbocycles. The molecule has 0 radical (unpaired) electrons. The molecule has 0 aliphatic rings. The van der Waals surface area contributed by atoms with Crippen molar-refractivity contribution in [3.63, 3.8) is 0 Å². The Morgan fingerprint density at radius 3 is 2.83 bits per heavy atom. The molecular weight excluding hydrogens is 235 g/mol. The van der Waals surface area contributed by atoms with E-state index in [1.807, 2.05) is 0 Å². The molecule has 1 N–H and O–H groups in total. The molecule has 5 nitrogen and oxygen atoms in total. The van der Waals surface area contributed by atoms with Crippen LogP contribution in [-0.2, 0) is 0 Å². The molecule has 0 bridgehead atoms. The van der Waals surface area contributed by atoms with Crippen LogP contribution in [0.5, 0.6) is 0 Å². The van der Waals surface area contributed by atoms with Gasteiger partial charge < -0.3 is 5.32 Å². The van der Waals surface area contributed by atoms with E-state index in [1.54, 1.807) is 13.8 Å². The highest BCUT2D eigenvalue weighted by molar-refractivity contribution is 5.94. The van der Waals surface area contributed by atoms with Crippen LogP contribution in [0.2, 0.25) is 0 Å². The van der Waals surface area contributed by atoms with Crippen LogP contribution in [0.15, 0.2) is 35.5 Å². The van der Waals surface area contributed by atoms with E-state index >= 15 is 0 Å². The third-order valence-electron chi connectivity index (χ3n) is 2.02. The van der Waals surface area contributed by atoms with Crippen LogP contribution in [0.3, 0.4) is 0 Å². The lowest BCUT2D eigenvalue weighted by atomic mass is 10.3. The first-order valence-corrected chi connectivity index (χ1v) is 5.14. The molecule has 0 aliphatic heterocycles. The number of carbonyl (C=O) groups excluding carboxylic acids is 1. The number of halogens is 1. The summed E-state index contributed by atoms with van der Waals surface area (Å²) < 4.78 is 11.8. The molecule has 0 aliphatic carbocycles. The van der Waals surface area contributed by atoms with Gasteiger partial charge in [-0.1, -0.05) is 0 Å². The van der Waals surface area contributed by atoms with Gasteiger partial charge in [0.2, 0.25) is 0 Å². The zero-order chi connectivity index (χ0) is 13.5. The molecule has 18 heavy (non-hydrogen) atoms. The molecule has 1 rings (SSSR count). The average molecular weight is 248 g/mol. The van der Waals surface area contributed by atoms with Crippen molar-refractivity contribution in [2.75, 3.05) is 0 Å². The van der Waals surface area contributed by atoms with Gasteiger partial charge in [-0.2, -0.15) is 0 Å². The predicted molar refractivity (Wildman–Crippen MR) is 66.9 cm³/mol. The molecule has 0 saturated heterocycles. The number of nitrogens with zero attached hydrogens (tertiary/aromatic N) is 3. The first-order chi connectivity index (χ1) is 8.58. The fourth-order valence-electron chi connectivity index (χ4n) is 1.26. The van der Waals surface area contributed by atoms with Gasteiger partial charge in [0.15, 0.2) is 0 Å². The number of allylic oxidation sites excluding steroid dienone is 2. The Bertz CT molecular complexity index is 523. The average Bonchev–Trinajstić information content (AvgIpc) is 2.34. The lowest BCUT2D eigenvalue weighted by Gasteiger charge is -2.06. The molecule has 0 fully saturated rings. The summed E-state index contributed by atoms with van der Waals surface area (Å²) in [5, 5.41) is 2.45. The third-order valence-corrected chi connectivity index (χ3v) is 2.02. The highest BCUT2D eigenvalue weighted by Gasteiger charge is 2.12. The Hall–Kier alpha value is -2.37. The van der Waals surface area contributed by atoms with Crippen molar-refractivity contribution in [2.45, 2.75) is 13.8 Å². The number of hydrogen-bond acceptors (Lipinski definition) is 4. The quantitative estimate of drug-likeness (QED) is 0.653. The Kier molecular flexibility index (Phi) is 4.86. The number of carbonyl (C=O) groups is 1. The molecule has 6 heteroatoms. The zero-order valence-electron chi connectivity index (χ0n) is 10.1. The number of nitrogens with one attached hydrogen (secondary N) is 1. The summed E-state index contributed by atoms with van der Waals surface area (Å²) >= 11 is 0. The minimum absolute atomic E-state index is 0.135. The van der Waals surface area contributed by atoms with Crippen molar-refractivity contribution in [2.24, 2.45) is 4.99 Å². The summed E-state index contributed by atoms with van der Waals surface area (Å²) in [6, 6.07) is 0. The zero-order valence-corrected chi connectivity index (χ0v) is 10.1. The molecular formula is C12H13FN4O. The molecule has 1 heterocycles. The summed E-state index contributed by atoms with van der Waals surface area (Å²) in [5.41, 5.74) is 1.43. The van der Waals surface area contributed by atoms with E-state index in [0.29, 0.717) is 12.0 Å². The standard InChI is InChI=1S/C12H13FN4O/c1-8-7-15-11(9(2)16-8)12(18)17-10(14-3)5-4-6-13/h4-7H,3H2,1-2H3,(H,17,18)/b6-4+,10-5+. The first-order valence-electron chi connectivity index (χ1n) is 5.14. The van der Waals surface area contributed by atoms with Gasteiger partial charge in [-0.25, -0.2) is 14.4 Å². The topological polar surface area (TPSA) is 67.2 Å². The molecule has 0 spiro atoms. The molecule has 1 amide bonds. The van der Waals surface area contributed by atoms with Gasteiger partial charge in [0, 0.05) is 6.20 Å². The Morgan fingerprint density at radius 1 is 1.56 bits per heavy atom. The number of rotatable bonds is 4. The minimum atomic E-state index is -0.467. The Balaban J connectivity index is 2.91. The van der Waals surface area contributed by atoms with E-state index in [-0.39, 0.29) is 11.5 Å². The van der Waals surface area contributed by atoms with Gasteiger partial charge in [0.25, 0.3) is 5.91 Å². The van der Waals surface area contributed by atoms with Gasteiger partial charge in [-0.15, -0.1) is 0 Å². The second-order valence-corrected chi connectivity index (χ2v) is 3.43. The van der Waals surface area contributed by atoms with Crippen LogP contribution in [0.1, 0.15) is 21.9 Å². The molecule has 0 unspecified atom stereocenters. The van der Waals surface area contributed by atoms with Gasteiger partial charge in [-0.05, 0) is 32.7 Å². The van der Waals surface area contributed by atoms with E-state index in [2.05, 4.69) is 27.0 Å². The first kappa shape index (κ1) is 13.7. The molecule has 0 saturated carbocycles. The van der Waals surface area contributed by atoms with Crippen molar-refractivity contribution < 1.29 is 9.18 Å². The summed E-state index contributed by atoms with van der Waals surface area (Å²) in [7, 11) is 0. The highest BCUT2D eigenvalue weighted by atomic mass is 19.1. The highest BCUT2D eigenvalue weighted by Crippen LogP contribution is 2.03. The van der Waals surface area contributed by atoms with Crippen LogP contribution in [-0.4, -0.2) is 22.6 Å². The lowest BCUT2D eigenvalue weighted by molar-refractivity contribution is 0.0959. The number of aryl methyl sites for hydroxylation is 2. The maximum Gasteiger partial charge on any atom is 0.277 e. The normalized spacial score (nSPS) is 11.6. The minimum Gasteiger partial charge on any atom is -0.305 e. The van der Waals surface area contributed by atoms with Gasteiger partial charge >= 0.3 is 0 Å². The predicted octanol–water partition coefficient (Wildman–Crippen LogP) is 1.85. The van der Waals surface area contributed by atoms with Gasteiger partial charge in [-0.3, -0.25) is 9.78 Å². The van der Waals surface area contributed by atoms with Crippen LogP contribution in [0, 0.1) is 13.8 Å². The second kappa shape index (κ2) is 6.39. The second-order valence-electron chi connectivity index (χ2n) is 3.43. The third kappa shape index (κ3) is 3.58. The summed E-state index contributed by atoms with van der Waals surface area (Å²) in [4.78, 5) is 23.5. The van der Waals surface area contributed by atoms with E-state index in [1.165, 1.54) is 12.3 Å². The number of aliphatic imine (C=N–C) groups is 1. The van der Waals surface area contributed by atoms with Gasteiger partial charge in [0.1, 0.15) is 11.5 Å². The van der Waals surface area contributed by atoms with Crippen molar-refractivity contribution in [3.8, 4) is 0 Å². The maximum absolute atomic E-state index is 11.8. The fraction of sp³-hybridized carbons (Fsp3) is 0.167. The number of amides is 1. The van der Waals surface area contributed by atoms with Crippen LogP contribution in [0.25, 0.3) is 0 Å². The van der Waals surface area contributed by atoms with Crippen LogP contribution < -0.4 is 5.32 Å². The summed E-state index contributed by atoms with van der Waals surface area (Å²) in [5.74, 6) is -0.332. The smallest absolute Gasteiger partial charge is 0.277 e. The van der Waals surface area contributed by atoms with Gasteiger partial charge in [0.05, 0.1) is 17.7 Å². The summed E-state index contributed by atoms with van der Waals surface area (Å²) in [6.45, 7) is 6.74. The largest absolute Gasteiger partial charge is 0.305 e. The molecule has 94 valence electrons. The molecule has 1 aromatic rings. The SMILES string of the molecule is C=N/C(=C\C=C\F)NC(=O)c1ncc(C)nc1C. The Morgan fingerprint density at radius 2 is 2.28 bits per heavy atom. The molecule has 1 aromatic heterocycles. The number of hydrogen-bond donors (Lipinski definition) is 1. The van der Waals surface area contributed by atoms with Crippen molar-refractivity contribution in [3.05, 3.63) is 47.6 Å². The summed E-state index contributed by atoms with van der Waals surface area (Å²) in [6.07, 6.45) is 4.20. The van der Waals surface area contributed by atoms with E-state index in [9.17, 15) is 9.18 Å².